The van der Waals surface area contributed by atoms with Crippen LogP contribution in [-0.4, -0.2) is 28.2 Å². The van der Waals surface area contributed by atoms with Gasteiger partial charge in [0.25, 0.3) is 0 Å². The number of nitrogens with zero attached hydrogens (tertiary/aromatic N) is 4. The van der Waals surface area contributed by atoms with Gasteiger partial charge in [-0.1, -0.05) is 121 Å². The molecule has 0 fully saturated rings. The predicted octanol–water partition coefficient (Wildman–Crippen LogP) is 10.1. The van der Waals surface area contributed by atoms with E-state index in [1.165, 1.54) is 42.1 Å². The van der Waals surface area contributed by atoms with Gasteiger partial charge in [0.1, 0.15) is 5.84 Å². The van der Waals surface area contributed by atoms with Gasteiger partial charge in [-0.3, -0.25) is 0 Å². The summed E-state index contributed by atoms with van der Waals surface area (Å²) in [6.07, 6.45) is -0.356. The maximum Gasteiger partial charge on any atom is 0.206 e. The normalized spacial score (nSPS) is 15.2. The second kappa shape index (κ2) is 10.3. The van der Waals surface area contributed by atoms with Crippen LogP contribution in [-0.2, 0) is 0 Å². The number of fused-ring (bicyclic) bond motifs is 6. The summed E-state index contributed by atoms with van der Waals surface area (Å²) in [7, 11) is 2.11. The lowest BCUT2D eigenvalue weighted by molar-refractivity contribution is 0.297. The molecule has 0 saturated carbocycles. The number of aromatic nitrogens is 1. The van der Waals surface area contributed by atoms with Gasteiger partial charge in [-0.15, -0.1) is 11.3 Å². The molecule has 8 aromatic rings. The van der Waals surface area contributed by atoms with E-state index in [0.29, 0.717) is 0 Å². The molecule has 2 aromatic heterocycles. The Balaban J connectivity index is 1.32. The average molecular weight is 597 g/mol. The fraction of sp³-hybridized carbons (Fsp3) is 0.0500. The van der Waals surface area contributed by atoms with Crippen LogP contribution in [0.25, 0.3) is 53.1 Å². The molecule has 0 aliphatic carbocycles. The molecular weight excluding hydrogens is 569 g/mol. The van der Waals surface area contributed by atoms with Gasteiger partial charge in [-0.2, -0.15) is 0 Å². The van der Waals surface area contributed by atoms with E-state index < -0.39 is 0 Å². The first kappa shape index (κ1) is 25.9. The molecular formula is C40H28N4S. The van der Waals surface area contributed by atoms with E-state index in [0.717, 1.165) is 33.8 Å². The third kappa shape index (κ3) is 4.12. The molecule has 0 radical (unpaired) electrons. The van der Waals surface area contributed by atoms with Crippen molar-refractivity contribution in [1.82, 2.24) is 9.47 Å². The quantitative estimate of drug-likeness (QED) is 0.199. The van der Waals surface area contributed by atoms with Gasteiger partial charge < -0.3 is 9.47 Å². The number of thiophene rings is 1. The number of hydrogen-bond donors (Lipinski definition) is 0. The summed E-state index contributed by atoms with van der Waals surface area (Å²) in [4.78, 5) is 13.0. The van der Waals surface area contributed by atoms with E-state index in [2.05, 4.69) is 162 Å². The molecule has 5 heteroatoms. The Morgan fingerprint density at radius 2 is 1.22 bits per heavy atom. The van der Waals surface area contributed by atoms with E-state index in [9.17, 15) is 0 Å². The second-order valence-electron chi connectivity index (χ2n) is 11.5. The summed E-state index contributed by atoms with van der Waals surface area (Å²) >= 11 is 1.81. The van der Waals surface area contributed by atoms with Gasteiger partial charge >= 0.3 is 0 Å². The zero-order valence-electron chi connectivity index (χ0n) is 24.6. The molecule has 9 rings (SSSR count). The van der Waals surface area contributed by atoms with Gasteiger partial charge in [0, 0.05) is 49.1 Å². The predicted molar refractivity (Wildman–Crippen MR) is 191 cm³/mol. The van der Waals surface area contributed by atoms with Crippen molar-refractivity contribution in [2.24, 2.45) is 9.98 Å². The first-order valence-corrected chi connectivity index (χ1v) is 16.0. The zero-order chi connectivity index (χ0) is 29.9. The third-order valence-electron chi connectivity index (χ3n) is 8.86. The van der Waals surface area contributed by atoms with Gasteiger partial charge in [0.05, 0.1) is 11.0 Å². The van der Waals surface area contributed by atoms with Crippen LogP contribution >= 0.6 is 11.3 Å². The summed E-state index contributed by atoms with van der Waals surface area (Å²) in [6, 6.07) is 51.7. The summed E-state index contributed by atoms with van der Waals surface area (Å²) in [6.45, 7) is 0. The van der Waals surface area contributed by atoms with E-state index in [1.54, 1.807) is 0 Å². The molecule has 1 atom stereocenters. The van der Waals surface area contributed by atoms with E-state index in [4.69, 9.17) is 9.98 Å². The summed E-state index contributed by atoms with van der Waals surface area (Å²) < 4.78 is 4.87. The molecule has 1 aliphatic heterocycles. The lowest BCUT2D eigenvalue weighted by Crippen LogP contribution is -2.38. The van der Waals surface area contributed by atoms with Crippen LogP contribution < -0.4 is 0 Å². The molecule has 1 unspecified atom stereocenters. The Hall–Kier alpha value is -5.52. The minimum absolute atomic E-state index is 0.356. The third-order valence-corrected chi connectivity index (χ3v) is 10.1. The van der Waals surface area contributed by atoms with Crippen molar-refractivity contribution in [2.45, 2.75) is 6.29 Å². The van der Waals surface area contributed by atoms with Crippen molar-refractivity contribution in [3.8, 4) is 11.1 Å². The molecule has 1 aliphatic rings. The summed E-state index contributed by atoms with van der Waals surface area (Å²) in [5.41, 5.74) is 6.79. The number of rotatable bonds is 4. The van der Waals surface area contributed by atoms with Crippen molar-refractivity contribution < 1.29 is 0 Å². The highest BCUT2D eigenvalue weighted by Gasteiger charge is 2.30. The SMILES string of the molecule is CN1C(c2ccccc2)=NC(c2cccc3c2sc2ccccc23)=NC1n1c2ccccc2c2ccc(-c3ccccc3)cc21. The number of amidine groups is 2. The van der Waals surface area contributed by atoms with Gasteiger partial charge in [0.15, 0.2) is 5.84 Å². The Kier molecular flexibility index (Phi) is 5.93. The first-order valence-electron chi connectivity index (χ1n) is 15.2. The zero-order valence-corrected chi connectivity index (χ0v) is 25.4. The number of hydrogen-bond acceptors (Lipinski definition) is 4. The molecule has 0 bridgehead atoms. The highest BCUT2D eigenvalue weighted by Crippen LogP contribution is 2.40. The second-order valence-corrected chi connectivity index (χ2v) is 12.5. The monoisotopic (exact) mass is 596 g/mol. The van der Waals surface area contributed by atoms with Crippen LogP contribution in [0, 0.1) is 0 Å². The average Bonchev–Trinajstić information content (AvgIpc) is 3.65. The molecule has 4 nitrogen and oxygen atoms in total. The van der Waals surface area contributed by atoms with Crippen molar-refractivity contribution in [3.05, 3.63) is 157 Å². The molecule has 45 heavy (non-hydrogen) atoms. The van der Waals surface area contributed by atoms with Crippen LogP contribution in [0.2, 0.25) is 0 Å². The lowest BCUT2D eigenvalue weighted by Gasteiger charge is -2.34. The smallest absolute Gasteiger partial charge is 0.206 e. The Morgan fingerprint density at radius 1 is 0.556 bits per heavy atom. The van der Waals surface area contributed by atoms with E-state index in [1.807, 2.05) is 11.3 Å². The topological polar surface area (TPSA) is 32.9 Å². The molecule has 3 heterocycles. The van der Waals surface area contributed by atoms with Gasteiger partial charge in [0.2, 0.25) is 6.29 Å². The Morgan fingerprint density at radius 3 is 2.04 bits per heavy atom. The van der Waals surface area contributed by atoms with Crippen LogP contribution in [0.4, 0.5) is 0 Å². The number of aliphatic imine (C=N–C) groups is 2. The molecule has 6 aromatic carbocycles. The fourth-order valence-corrected chi connectivity index (χ4v) is 7.92. The van der Waals surface area contributed by atoms with Gasteiger partial charge in [-0.25, -0.2) is 9.98 Å². The van der Waals surface area contributed by atoms with E-state index >= 15 is 0 Å². The van der Waals surface area contributed by atoms with Crippen molar-refractivity contribution in [2.75, 3.05) is 7.05 Å². The number of para-hydroxylation sites is 1. The summed E-state index contributed by atoms with van der Waals surface area (Å²) in [5, 5.41) is 4.94. The maximum absolute atomic E-state index is 5.50. The minimum atomic E-state index is -0.356. The van der Waals surface area contributed by atoms with Gasteiger partial charge in [-0.05, 0) is 35.4 Å². The lowest BCUT2D eigenvalue weighted by atomic mass is 10.0. The maximum atomic E-state index is 5.50. The Bertz CT molecular complexity index is 2450. The fourth-order valence-electron chi connectivity index (χ4n) is 6.71. The molecule has 0 amide bonds. The molecule has 0 N–H and O–H groups in total. The van der Waals surface area contributed by atoms with Crippen molar-refractivity contribution in [3.63, 3.8) is 0 Å². The number of benzene rings is 6. The highest BCUT2D eigenvalue weighted by molar-refractivity contribution is 7.26. The van der Waals surface area contributed by atoms with Crippen LogP contribution in [0.3, 0.4) is 0 Å². The molecule has 0 saturated heterocycles. The van der Waals surface area contributed by atoms with Crippen molar-refractivity contribution >= 4 is 65.0 Å². The minimum Gasteiger partial charge on any atom is -0.320 e. The Labute approximate surface area is 264 Å². The molecule has 0 spiro atoms. The van der Waals surface area contributed by atoms with Crippen LogP contribution in [0.15, 0.2) is 156 Å². The first-order chi connectivity index (χ1) is 22.2. The largest absolute Gasteiger partial charge is 0.320 e. The van der Waals surface area contributed by atoms with Crippen molar-refractivity contribution in [1.29, 1.82) is 0 Å². The van der Waals surface area contributed by atoms with Crippen LogP contribution in [0.5, 0.6) is 0 Å². The standard InChI is InChI=1S/C40H28N4S/c1-43-39(27-15-6-3-7-16-27)41-38(33-20-12-19-32-31-18-9-11-22-36(31)45-37(32)33)42-40(43)44-34-21-10-8-17-29(34)30-24-23-28(25-35(30)44)26-13-4-2-5-14-26/h2-25,40H,1H3. The highest BCUT2D eigenvalue weighted by atomic mass is 32.1. The van der Waals surface area contributed by atoms with Crippen LogP contribution in [0.1, 0.15) is 17.4 Å². The van der Waals surface area contributed by atoms with E-state index in [-0.39, 0.29) is 6.29 Å². The summed E-state index contributed by atoms with van der Waals surface area (Å²) in [5.74, 6) is 1.65. The molecule has 214 valence electrons.